The highest BCUT2D eigenvalue weighted by Crippen LogP contribution is 2.24. The minimum atomic E-state index is -3.88. The number of nitrogen functional groups attached to an aromatic ring is 1. The van der Waals surface area contributed by atoms with E-state index in [-0.39, 0.29) is 10.6 Å². The van der Waals surface area contributed by atoms with Crippen LogP contribution < -0.4 is 10.5 Å². The number of anilines is 2. The fraction of sp³-hybridized carbons (Fsp3) is 0.200. The summed E-state index contributed by atoms with van der Waals surface area (Å²) in [5.74, 6) is -0.614. The van der Waals surface area contributed by atoms with Gasteiger partial charge in [0.05, 0.1) is 10.6 Å². The van der Waals surface area contributed by atoms with Gasteiger partial charge in [-0.1, -0.05) is 25.1 Å². The molecule has 0 saturated heterocycles. The average Bonchev–Trinajstić information content (AvgIpc) is 2.43. The summed E-state index contributed by atoms with van der Waals surface area (Å²) in [4.78, 5) is 0.0138. The fourth-order valence-corrected chi connectivity index (χ4v) is 3.19. The molecular weight excluding hydrogens is 291 g/mol. The van der Waals surface area contributed by atoms with E-state index in [9.17, 15) is 12.8 Å². The van der Waals surface area contributed by atoms with Crippen LogP contribution in [0.1, 0.15) is 18.1 Å². The number of halogens is 1. The van der Waals surface area contributed by atoms with Crippen LogP contribution in [0.3, 0.4) is 0 Å². The number of nitrogens with one attached hydrogen (secondary N) is 1. The SMILES string of the molecule is CCc1ccc(S(=O)(=O)Nc2c(C)cccc2F)cc1N. The van der Waals surface area contributed by atoms with Crippen LogP contribution in [0.25, 0.3) is 0 Å². The minimum Gasteiger partial charge on any atom is -0.398 e. The Hall–Kier alpha value is -2.08. The lowest BCUT2D eigenvalue weighted by molar-refractivity contribution is 0.598. The van der Waals surface area contributed by atoms with Gasteiger partial charge in [0, 0.05) is 5.69 Å². The Morgan fingerprint density at radius 1 is 1.24 bits per heavy atom. The van der Waals surface area contributed by atoms with Gasteiger partial charge >= 0.3 is 0 Å². The van der Waals surface area contributed by atoms with Crippen molar-refractivity contribution in [2.24, 2.45) is 0 Å². The van der Waals surface area contributed by atoms with Crippen LogP contribution in [0.15, 0.2) is 41.3 Å². The molecule has 4 nitrogen and oxygen atoms in total. The number of nitrogens with two attached hydrogens (primary N) is 1. The fourth-order valence-electron chi connectivity index (χ4n) is 2.02. The topological polar surface area (TPSA) is 72.2 Å². The standard InChI is InChI=1S/C15H17FN2O2S/c1-3-11-7-8-12(9-14(11)17)21(19,20)18-15-10(2)5-4-6-13(15)16/h4-9,18H,3,17H2,1-2H3. The first-order chi connectivity index (χ1) is 9.85. The van der Waals surface area contributed by atoms with E-state index in [0.29, 0.717) is 17.7 Å². The first kappa shape index (κ1) is 15.3. The van der Waals surface area contributed by atoms with Crippen molar-refractivity contribution in [3.05, 3.63) is 53.3 Å². The summed E-state index contributed by atoms with van der Waals surface area (Å²) in [5, 5.41) is 0. The molecule has 2 aromatic rings. The second-order valence-corrected chi connectivity index (χ2v) is 6.43. The van der Waals surface area contributed by atoms with Gasteiger partial charge < -0.3 is 5.73 Å². The number of benzene rings is 2. The molecule has 0 radical (unpaired) electrons. The highest BCUT2D eigenvalue weighted by molar-refractivity contribution is 7.92. The summed E-state index contributed by atoms with van der Waals surface area (Å²) in [7, 11) is -3.88. The second kappa shape index (κ2) is 5.73. The zero-order valence-electron chi connectivity index (χ0n) is 11.9. The largest absolute Gasteiger partial charge is 0.398 e. The van der Waals surface area contributed by atoms with Gasteiger partial charge in [-0.3, -0.25) is 4.72 Å². The molecule has 2 rings (SSSR count). The van der Waals surface area contributed by atoms with Gasteiger partial charge in [-0.25, -0.2) is 12.8 Å². The number of sulfonamides is 1. The van der Waals surface area contributed by atoms with Crippen molar-refractivity contribution in [3.8, 4) is 0 Å². The van der Waals surface area contributed by atoms with Crippen molar-refractivity contribution in [2.45, 2.75) is 25.2 Å². The van der Waals surface area contributed by atoms with E-state index in [4.69, 9.17) is 5.73 Å². The predicted octanol–water partition coefficient (Wildman–Crippen LogP) is 3.08. The Balaban J connectivity index is 2.41. The molecule has 0 bridgehead atoms. The molecule has 0 amide bonds. The van der Waals surface area contributed by atoms with Crippen molar-refractivity contribution in [1.29, 1.82) is 0 Å². The second-order valence-electron chi connectivity index (χ2n) is 4.75. The van der Waals surface area contributed by atoms with E-state index in [1.165, 1.54) is 24.3 Å². The summed E-state index contributed by atoms with van der Waals surface area (Å²) >= 11 is 0. The molecule has 112 valence electrons. The van der Waals surface area contributed by atoms with E-state index >= 15 is 0 Å². The van der Waals surface area contributed by atoms with Crippen molar-refractivity contribution in [3.63, 3.8) is 0 Å². The third-order valence-corrected chi connectivity index (χ3v) is 4.61. The van der Waals surface area contributed by atoms with Gasteiger partial charge in [0.25, 0.3) is 10.0 Å². The lowest BCUT2D eigenvalue weighted by Crippen LogP contribution is -2.15. The molecular formula is C15H17FN2O2S. The molecule has 0 spiro atoms. The summed E-state index contributed by atoms with van der Waals surface area (Å²) in [6, 6.07) is 8.88. The number of rotatable bonds is 4. The van der Waals surface area contributed by atoms with Gasteiger partial charge in [0.2, 0.25) is 0 Å². The molecule has 6 heteroatoms. The Bertz CT molecular complexity index is 753. The van der Waals surface area contributed by atoms with E-state index in [1.807, 2.05) is 6.92 Å². The third kappa shape index (κ3) is 3.16. The molecule has 0 aliphatic heterocycles. The molecule has 21 heavy (non-hydrogen) atoms. The summed E-state index contributed by atoms with van der Waals surface area (Å²) in [6.45, 7) is 3.57. The summed E-state index contributed by atoms with van der Waals surface area (Å²) < 4.78 is 40.7. The van der Waals surface area contributed by atoms with E-state index in [0.717, 1.165) is 5.56 Å². The summed E-state index contributed by atoms with van der Waals surface area (Å²) in [6.07, 6.45) is 0.714. The van der Waals surface area contributed by atoms with Gasteiger partial charge in [0.1, 0.15) is 5.82 Å². The maximum absolute atomic E-state index is 13.7. The van der Waals surface area contributed by atoms with Crippen LogP contribution in [-0.4, -0.2) is 8.42 Å². The number of aryl methyl sites for hydroxylation is 2. The molecule has 0 aliphatic carbocycles. The van der Waals surface area contributed by atoms with E-state index < -0.39 is 15.8 Å². The molecule has 0 fully saturated rings. The van der Waals surface area contributed by atoms with Crippen molar-refractivity contribution in [2.75, 3.05) is 10.5 Å². The Morgan fingerprint density at radius 3 is 2.52 bits per heavy atom. The highest BCUT2D eigenvalue weighted by Gasteiger charge is 2.18. The first-order valence-electron chi connectivity index (χ1n) is 6.51. The maximum atomic E-state index is 13.7. The quantitative estimate of drug-likeness (QED) is 0.853. The van der Waals surface area contributed by atoms with Crippen LogP contribution in [0.4, 0.5) is 15.8 Å². The van der Waals surface area contributed by atoms with Crippen LogP contribution in [0, 0.1) is 12.7 Å². The van der Waals surface area contributed by atoms with Crippen molar-refractivity contribution < 1.29 is 12.8 Å². The normalized spacial score (nSPS) is 11.4. The van der Waals surface area contributed by atoms with Crippen molar-refractivity contribution in [1.82, 2.24) is 0 Å². The predicted molar refractivity (Wildman–Crippen MR) is 82.2 cm³/mol. The molecule has 0 aliphatic rings. The Labute approximate surface area is 123 Å². The molecule has 2 aromatic carbocycles. The first-order valence-corrected chi connectivity index (χ1v) is 8.00. The van der Waals surface area contributed by atoms with Crippen LogP contribution in [0.5, 0.6) is 0 Å². The zero-order chi connectivity index (χ0) is 15.6. The van der Waals surface area contributed by atoms with E-state index in [2.05, 4.69) is 4.72 Å². The smallest absolute Gasteiger partial charge is 0.262 e. The summed E-state index contributed by atoms with van der Waals surface area (Å²) in [5.41, 5.74) is 7.56. The molecule has 0 aromatic heterocycles. The molecule has 0 heterocycles. The molecule has 0 saturated carbocycles. The van der Waals surface area contributed by atoms with Crippen molar-refractivity contribution >= 4 is 21.4 Å². The van der Waals surface area contributed by atoms with E-state index in [1.54, 1.807) is 19.1 Å². The highest BCUT2D eigenvalue weighted by atomic mass is 32.2. The number of hydrogen-bond donors (Lipinski definition) is 2. The number of para-hydroxylation sites is 1. The Kier molecular flexibility index (Phi) is 4.18. The van der Waals surface area contributed by atoms with Gasteiger partial charge in [-0.2, -0.15) is 0 Å². The lowest BCUT2D eigenvalue weighted by atomic mass is 10.1. The maximum Gasteiger partial charge on any atom is 0.262 e. The monoisotopic (exact) mass is 308 g/mol. The van der Waals surface area contributed by atoms with Crippen LogP contribution in [-0.2, 0) is 16.4 Å². The van der Waals surface area contributed by atoms with Gasteiger partial charge in [-0.05, 0) is 42.7 Å². The number of hydrogen-bond acceptors (Lipinski definition) is 3. The molecule has 3 N–H and O–H groups in total. The zero-order valence-corrected chi connectivity index (χ0v) is 12.7. The third-order valence-electron chi connectivity index (χ3n) is 3.27. The van der Waals surface area contributed by atoms with Gasteiger partial charge in [0.15, 0.2) is 0 Å². The molecule has 0 unspecified atom stereocenters. The average molecular weight is 308 g/mol. The Morgan fingerprint density at radius 2 is 1.95 bits per heavy atom. The minimum absolute atomic E-state index is 0.0138. The van der Waals surface area contributed by atoms with Crippen LogP contribution in [0.2, 0.25) is 0 Å². The van der Waals surface area contributed by atoms with Gasteiger partial charge in [-0.15, -0.1) is 0 Å². The molecule has 0 atom stereocenters. The lowest BCUT2D eigenvalue weighted by Gasteiger charge is -2.12. The van der Waals surface area contributed by atoms with Crippen LogP contribution >= 0.6 is 0 Å².